The first-order valence-corrected chi connectivity index (χ1v) is 19.0. The molecule has 8 aromatic carbocycles. The first-order valence-electron chi connectivity index (χ1n) is 19.0. The second-order valence-corrected chi connectivity index (χ2v) is 14.2. The van der Waals surface area contributed by atoms with Crippen LogP contribution in [0.3, 0.4) is 0 Å². The van der Waals surface area contributed by atoms with Gasteiger partial charge in [0.15, 0.2) is 5.82 Å². The van der Waals surface area contributed by atoms with Gasteiger partial charge >= 0.3 is 0 Å². The van der Waals surface area contributed by atoms with Gasteiger partial charge in [0.2, 0.25) is 0 Å². The van der Waals surface area contributed by atoms with E-state index in [1.807, 2.05) is 6.07 Å². The van der Waals surface area contributed by atoms with E-state index in [9.17, 15) is 0 Å². The quantitative estimate of drug-likeness (QED) is 0.172. The molecule has 0 aliphatic heterocycles. The van der Waals surface area contributed by atoms with Crippen molar-refractivity contribution in [1.29, 1.82) is 0 Å². The van der Waals surface area contributed by atoms with Gasteiger partial charge in [0.1, 0.15) is 5.82 Å². The second kappa shape index (κ2) is 13.1. The summed E-state index contributed by atoms with van der Waals surface area (Å²) in [4.78, 5) is 10.7. The fraction of sp³-hybridized carbons (Fsp3) is 0. The summed E-state index contributed by atoms with van der Waals surface area (Å²) in [5.41, 5.74) is 13.3. The number of para-hydroxylation sites is 3. The number of hydrogen-bond acceptors (Lipinski definition) is 2. The molecule has 4 nitrogen and oxygen atoms in total. The van der Waals surface area contributed by atoms with Crippen LogP contribution < -0.4 is 0 Å². The van der Waals surface area contributed by atoms with Crippen molar-refractivity contribution in [3.8, 4) is 56.4 Å². The SMILES string of the molecule is c1ccc(-c2cccc(-c3ccc(-c4nc(-c5ccccc5)cc(-n5c6ccccc6c6ccc7c(c8ccccc8n7-c7ccccc7)c65)n4)cc3)c2)cc1. The third kappa shape index (κ3) is 5.23. The lowest BCUT2D eigenvalue weighted by Crippen LogP contribution is -2.03. The zero-order valence-electron chi connectivity index (χ0n) is 30.4. The lowest BCUT2D eigenvalue weighted by molar-refractivity contribution is 1.05. The average molecular weight is 715 g/mol. The van der Waals surface area contributed by atoms with Gasteiger partial charge < -0.3 is 4.57 Å². The Balaban J connectivity index is 1.14. The van der Waals surface area contributed by atoms with E-state index < -0.39 is 0 Å². The highest BCUT2D eigenvalue weighted by Gasteiger charge is 2.22. The molecule has 0 fully saturated rings. The van der Waals surface area contributed by atoms with E-state index in [4.69, 9.17) is 9.97 Å². The molecule has 3 aromatic heterocycles. The minimum absolute atomic E-state index is 0.677. The predicted molar refractivity (Wildman–Crippen MR) is 232 cm³/mol. The lowest BCUT2D eigenvalue weighted by Gasteiger charge is -2.13. The molecular formula is C52H34N4. The molecule has 0 atom stereocenters. The third-order valence-corrected chi connectivity index (χ3v) is 10.9. The molecule has 0 spiro atoms. The number of rotatable bonds is 6. The van der Waals surface area contributed by atoms with Crippen LogP contribution in [0.25, 0.3) is 100 Å². The highest BCUT2D eigenvalue weighted by atomic mass is 15.1. The van der Waals surface area contributed by atoms with Crippen LogP contribution in [0.5, 0.6) is 0 Å². The molecule has 0 amide bonds. The van der Waals surface area contributed by atoms with Gasteiger partial charge in [0.25, 0.3) is 0 Å². The van der Waals surface area contributed by atoms with Crippen molar-refractivity contribution in [2.75, 3.05) is 0 Å². The van der Waals surface area contributed by atoms with Crippen LogP contribution in [0.2, 0.25) is 0 Å². The largest absolute Gasteiger partial charge is 0.309 e. The summed E-state index contributed by atoms with van der Waals surface area (Å²) in [7, 11) is 0. The van der Waals surface area contributed by atoms with Crippen molar-refractivity contribution >= 4 is 43.6 Å². The Morgan fingerprint density at radius 2 is 0.875 bits per heavy atom. The zero-order valence-corrected chi connectivity index (χ0v) is 30.4. The maximum Gasteiger partial charge on any atom is 0.162 e. The summed E-state index contributed by atoms with van der Waals surface area (Å²) in [5.74, 6) is 1.50. The second-order valence-electron chi connectivity index (χ2n) is 14.2. The fourth-order valence-electron chi connectivity index (χ4n) is 8.36. The minimum atomic E-state index is 0.677. The van der Waals surface area contributed by atoms with Crippen LogP contribution >= 0.6 is 0 Å². The molecule has 0 bridgehead atoms. The van der Waals surface area contributed by atoms with Crippen molar-refractivity contribution in [2.24, 2.45) is 0 Å². The average Bonchev–Trinajstić information content (AvgIpc) is 3.80. The number of aromatic nitrogens is 4. The molecule has 56 heavy (non-hydrogen) atoms. The number of benzene rings is 8. The van der Waals surface area contributed by atoms with Gasteiger partial charge in [-0.15, -0.1) is 0 Å². The zero-order chi connectivity index (χ0) is 37.0. The van der Waals surface area contributed by atoms with E-state index in [-0.39, 0.29) is 0 Å². The molecule has 4 heteroatoms. The molecule has 0 saturated heterocycles. The molecule has 0 radical (unpaired) electrons. The molecule has 0 aliphatic rings. The number of nitrogens with zero attached hydrogens (tertiary/aromatic N) is 4. The molecule has 0 saturated carbocycles. The summed E-state index contributed by atoms with van der Waals surface area (Å²) >= 11 is 0. The van der Waals surface area contributed by atoms with Gasteiger partial charge in [-0.3, -0.25) is 4.57 Å². The first kappa shape index (κ1) is 31.9. The van der Waals surface area contributed by atoms with Crippen molar-refractivity contribution in [3.05, 3.63) is 206 Å². The Morgan fingerprint density at radius 1 is 0.321 bits per heavy atom. The highest BCUT2D eigenvalue weighted by Crippen LogP contribution is 2.42. The van der Waals surface area contributed by atoms with Gasteiger partial charge in [0, 0.05) is 44.4 Å². The van der Waals surface area contributed by atoms with E-state index >= 15 is 0 Å². The lowest BCUT2D eigenvalue weighted by atomic mass is 9.98. The van der Waals surface area contributed by atoms with Gasteiger partial charge in [-0.05, 0) is 58.7 Å². The Labute approximate surface area is 324 Å². The van der Waals surface area contributed by atoms with Crippen LogP contribution in [0.4, 0.5) is 0 Å². The van der Waals surface area contributed by atoms with E-state index in [0.29, 0.717) is 5.82 Å². The Kier molecular flexibility index (Phi) is 7.46. The first-order chi connectivity index (χ1) is 27.8. The molecule has 11 rings (SSSR count). The van der Waals surface area contributed by atoms with Gasteiger partial charge in [-0.1, -0.05) is 164 Å². The number of hydrogen-bond donors (Lipinski definition) is 0. The molecule has 3 heterocycles. The fourth-order valence-corrected chi connectivity index (χ4v) is 8.36. The maximum atomic E-state index is 5.42. The Morgan fingerprint density at radius 3 is 1.59 bits per heavy atom. The monoisotopic (exact) mass is 714 g/mol. The van der Waals surface area contributed by atoms with E-state index in [2.05, 4.69) is 209 Å². The highest BCUT2D eigenvalue weighted by molar-refractivity contribution is 6.26. The summed E-state index contributed by atoms with van der Waals surface area (Å²) in [6.45, 7) is 0. The Bertz CT molecular complexity index is 3220. The predicted octanol–water partition coefficient (Wildman–Crippen LogP) is 13.3. The van der Waals surface area contributed by atoms with Crippen LogP contribution in [0.1, 0.15) is 0 Å². The molecule has 0 unspecified atom stereocenters. The standard InChI is InChI=1S/C52H34N4/c1-4-15-35(16-5-1)39-19-14-20-40(33-39)36-27-29-38(30-28-36)52-53-45(37-17-6-2-7-18-37)34-49(54-52)56-46-25-12-10-23-42(46)43-31-32-48-50(51(43)56)44-24-11-13-26-47(44)55(48)41-21-8-3-9-22-41/h1-34H. The van der Waals surface area contributed by atoms with Gasteiger partial charge in [-0.2, -0.15) is 0 Å². The normalized spacial score (nSPS) is 11.6. The smallest absolute Gasteiger partial charge is 0.162 e. The molecule has 262 valence electrons. The summed E-state index contributed by atoms with van der Waals surface area (Å²) in [6, 6.07) is 73.1. The molecule has 0 aliphatic carbocycles. The minimum Gasteiger partial charge on any atom is -0.309 e. The van der Waals surface area contributed by atoms with Crippen LogP contribution in [-0.4, -0.2) is 19.1 Å². The topological polar surface area (TPSA) is 35.6 Å². The maximum absolute atomic E-state index is 5.42. The van der Waals surface area contributed by atoms with Crippen molar-refractivity contribution < 1.29 is 0 Å². The van der Waals surface area contributed by atoms with Gasteiger partial charge in [-0.25, -0.2) is 9.97 Å². The molecule has 11 aromatic rings. The molecular weight excluding hydrogens is 681 g/mol. The molecule has 0 N–H and O–H groups in total. The Hall–Kier alpha value is -7.56. The van der Waals surface area contributed by atoms with Crippen molar-refractivity contribution in [3.63, 3.8) is 0 Å². The van der Waals surface area contributed by atoms with E-state index in [0.717, 1.165) is 50.4 Å². The third-order valence-electron chi connectivity index (χ3n) is 10.9. The van der Waals surface area contributed by atoms with Crippen LogP contribution in [0.15, 0.2) is 206 Å². The van der Waals surface area contributed by atoms with Crippen molar-refractivity contribution in [1.82, 2.24) is 19.1 Å². The summed E-state index contributed by atoms with van der Waals surface area (Å²) in [6.07, 6.45) is 0. The van der Waals surface area contributed by atoms with E-state index in [1.165, 1.54) is 43.8 Å². The van der Waals surface area contributed by atoms with Gasteiger partial charge in [0.05, 0.1) is 27.8 Å². The van der Waals surface area contributed by atoms with Crippen molar-refractivity contribution in [2.45, 2.75) is 0 Å². The van der Waals surface area contributed by atoms with Crippen LogP contribution in [-0.2, 0) is 0 Å². The summed E-state index contributed by atoms with van der Waals surface area (Å²) in [5, 5.41) is 4.77. The summed E-state index contributed by atoms with van der Waals surface area (Å²) < 4.78 is 4.74. The van der Waals surface area contributed by atoms with Crippen LogP contribution in [0, 0.1) is 0 Å². The number of fused-ring (bicyclic) bond motifs is 7. The van der Waals surface area contributed by atoms with E-state index in [1.54, 1.807) is 0 Å².